The summed E-state index contributed by atoms with van der Waals surface area (Å²) in [6.45, 7) is 2.80. The molecule has 0 saturated carbocycles. The first-order chi connectivity index (χ1) is 7.10. The van der Waals surface area contributed by atoms with E-state index in [1.807, 2.05) is 0 Å². The Morgan fingerprint density at radius 3 is 2.44 bits per heavy atom. The van der Waals surface area contributed by atoms with Crippen molar-refractivity contribution in [3.05, 3.63) is 0 Å². The molecule has 0 amide bonds. The Balaban J connectivity index is 2.89. The fraction of sp³-hybridized carbons (Fsp3) is 0.875. The Kier molecular flexibility index (Phi) is 3.34. The fourth-order valence-corrected chi connectivity index (χ4v) is 4.95. The molecule has 2 atom stereocenters. The minimum absolute atomic E-state index is 0.0209. The van der Waals surface area contributed by atoms with Crippen molar-refractivity contribution in [2.75, 3.05) is 11.5 Å². The van der Waals surface area contributed by atoms with Gasteiger partial charge in [0.1, 0.15) is 0 Å². The average molecular weight is 266 g/mol. The van der Waals surface area contributed by atoms with Gasteiger partial charge < -0.3 is 0 Å². The van der Waals surface area contributed by atoms with Crippen LogP contribution in [0, 0.1) is 11.3 Å². The SMILES string of the molecule is CC(C#N)S(=O)(=O)NC1(C)CCS(=O)(=O)C1. The summed E-state index contributed by atoms with van der Waals surface area (Å²) in [7, 11) is -6.95. The maximum absolute atomic E-state index is 11.6. The number of nitriles is 1. The van der Waals surface area contributed by atoms with Gasteiger partial charge in [0.2, 0.25) is 10.0 Å². The van der Waals surface area contributed by atoms with Gasteiger partial charge in [-0.2, -0.15) is 5.26 Å². The van der Waals surface area contributed by atoms with Crippen LogP contribution in [0.25, 0.3) is 0 Å². The summed E-state index contributed by atoms with van der Waals surface area (Å²) < 4.78 is 48.1. The van der Waals surface area contributed by atoms with Gasteiger partial charge in [0, 0.05) is 5.54 Å². The molecular formula is C8H14N2O4S2. The summed E-state index contributed by atoms with van der Waals surface area (Å²) >= 11 is 0. The summed E-state index contributed by atoms with van der Waals surface area (Å²) in [6.07, 6.45) is 0.243. The average Bonchev–Trinajstić information content (AvgIpc) is 2.37. The van der Waals surface area contributed by atoms with Crippen molar-refractivity contribution < 1.29 is 16.8 Å². The van der Waals surface area contributed by atoms with Gasteiger partial charge in [0.25, 0.3) is 0 Å². The monoisotopic (exact) mass is 266 g/mol. The number of sulfonamides is 1. The summed E-state index contributed by atoms with van der Waals surface area (Å²) in [5.74, 6) is -0.232. The summed E-state index contributed by atoms with van der Waals surface area (Å²) in [5.41, 5.74) is -0.983. The molecule has 6 nitrogen and oxygen atoms in total. The van der Waals surface area contributed by atoms with E-state index >= 15 is 0 Å². The van der Waals surface area contributed by atoms with E-state index in [-0.39, 0.29) is 17.9 Å². The first-order valence-corrected chi connectivity index (χ1v) is 8.10. The molecule has 1 aliphatic rings. The molecule has 0 bridgehead atoms. The molecule has 16 heavy (non-hydrogen) atoms. The van der Waals surface area contributed by atoms with Gasteiger partial charge in [-0.15, -0.1) is 0 Å². The Morgan fingerprint density at radius 1 is 1.50 bits per heavy atom. The lowest BCUT2D eigenvalue weighted by Gasteiger charge is -2.24. The Labute approximate surface area is 95.6 Å². The second-order valence-electron chi connectivity index (χ2n) is 4.32. The van der Waals surface area contributed by atoms with Crippen molar-refractivity contribution in [2.45, 2.75) is 31.1 Å². The van der Waals surface area contributed by atoms with Gasteiger partial charge >= 0.3 is 0 Å². The van der Waals surface area contributed by atoms with E-state index in [4.69, 9.17) is 5.26 Å². The van der Waals surface area contributed by atoms with E-state index in [9.17, 15) is 16.8 Å². The van der Waals surface area contributed by atoms with E-state index in [0.29, 0.717) is 0 Å². The van der Waals surface area contributed by atoms with E-state index in [1.165, 1.54) is 6.92 Å². The summed E-state index contributed by atoms with van der Waals surface area (Å²) in [6, 6.07) is 1.62. The highest BCUT2D eigenvalue weighted by molar-refractivity contribution is 7.92. The van der Waals surface area contributed by atoms with Crippen LogP contribution in [-0.4, -0.2) is 39.1 Å². The first kappa shape index (κ1) is 13.4. The van der Waals surface area contributed by atoms with Gasteiger partial charge in [0.15, 0.2) is 15.1 Å². The standard InChI is InChI=1S/C8H14N2O4S2/c1-7(5-9)16(13,14)10-8(2)3-4-15(11,12)6-8/h7,10H,3-4,6H2,1-2H3. The largest absolute Gasteiger partial charge is 0.229 e. The third kappa shape index (κ3) is 2.93. The molecule has 8 heteroatoms. The number of nitrogens with zero attached hydrogens (tertiary/aromatic N) is 1. The van der Waals surface area contributed by atoms with E-state index in [0.717, 1.165) is 0 Å². The number of sulfone groups is 1. The predicted molar refractivity (Wildman–Crippen MR) is 58.8 cm³/mol. The lowest BCUT2D eigenvalue weighted by molar-refractivity contribution is 0.460. The molecule has 1 aliphatic heterocycles. The van der Waals surface area contributed by atoms with Crippen LogP contribution in [0.4, 0.5) is 0 Å². The highest BCUT2D eigenvalue weighted by atomic mass is 32.2. The van der Waals surface area contributed by atoms with Crippen LogP contribution in [0.3, 0.4) is 0 Å². The molecule has 0 aromatic carbocycles. The number of hydrogen-bond acceptors (Lipinski definition) is 5. The number of nitrogens with one attached hydrogen (secondary N) is 1. The second kappa shape index (κ2) is 3.98. The first-order valence-electron chi connectivity index (χ1n) is 4.73. The minimum Gasteiger partial charge on any atom is -0.229 e. The van der Waals surface area contributed by atoms with Gasteiger partial charge in [-0.05, 0) is 20.3 Å². The Morgan fingerprint density at radius 2 is 2.06 bits per heavy atom. The predicted octanol–water partition coefficient (Wildman–Crippen LogP) is -0.605. The van der Waals surface area contributed by atoms with Crippen LogP contribution >= 0.6 is 0 Å². The van der Waals surface area contributed by atoms with Gasteiger partial charge in [-0.1, -0.05) is 0 Å². The minimum atomic E-state index is -3.78. The Hall–Kier alpha value is -0.650. The van der Waals surface area contributed by atoms with Gasteiger partial charge in [-0.3, -0.25) is 0 Å². The molecule has 1 saturated heterocycles. The number of rotatable bonds is 3. The van der Waals surface area contributed by atoms with Crippen LogP contribution in [-0.2, 0) is 19.9 Å². The maximum atomic E-state index is 11.6. The van der Waals surface area contributed by atoms with E-state index in [2.05, 4.69) is 4.72 Å². The molecule has 0 spiro atoms. The zero-order chi connectivity index (χ0) is 12.6. The summed E-state index contributed by atoms with van der Waals surface area (Å²) in [5, 5.41) is 7.36. The fourth-order valence-electron chi connectivity index (χ4n) is 1.59. The van der Waals surface area contributed by atoms with E-state index in [1.54, 1.807) is 13.0 Å². The molecule has 92 valence electrons. The molecule has 1 fully saturated rings. The molecule has 1 N–H and O–H groups in total. The van der Waals surface area contributed by atoms with Crippen LogP contribution in [0.15, 0.2) is 0 Å². The van der Waals surface area contributed by atoms with E-state index < -0.39 is 30.6 Å². The maximum Gasteiger partial charge on any atom is 0.228 e. The van der Waals surface area contributed by atoms with Crippen LogP contribution < -0.4 is 4.72 Å². The van der Waals surface area contributed by atoms with Crippen molar-refractivity contribution in [3.8, 4) is 6.07 Å². The molecule has 0 aromatic rings. The zero-order valence-electron chi connectivity index (χ0n) is 9.10. The highest BCUT2D eigenvalue weighted by Gasteiger charge is 2.42. The topological polar surface area (TPSA) is 104 Å². The lowest BCUT2D eigenvalue weighted by atomic mass is 10.0. The third-order valence-electron chi connectivity index (χ3n) is 2.54. The molecule has 0 aromatic heterocycles. The number of hydrogen-bond donors (Lipinski definition) is 1. The van der Waals surface area contributed by atoms with Gasteiger partial charge in [-0.25, -0.2) is 21.6 Å². The quantitative estimate of drug-likeness (QED) is 0.734. The van der Waals surface area contributed by atoms with Crippen LogP contribution in [0.1, 0.15) is 20.3 Å². The van der Waals surface area contributed by atoms with Crippen LogP contribution in [0.2, 0.25) is 0 Å². The molecule has 1 rings (SSSR count). The lowest BCUT2D eigenvalue weighted by Crippen LogP contribution is -2.49. The summed E-state index contributed by atoms with van der Waals surface area (Å²) in [4.78, 5) is 0. The molecular weight excluding hydrogens is 252 g/mol. The van der Waals surface area contributed by atoms with Gasteiger partial charge in [0.05, 0.1) is 17.6 Å². The Bertz CT molecular complexity index is 517. The molecule has 2 unspecified atom stereocenters. The normalized spacial score (nSPS) is 30.8. The van der Waals surface area contributed by atoms with Crippen molar-refractivity contribution in [3.63, 3.8) is 0 Å². The second-order valence-corrected chi connectivity index (χ2v) is 8.51. The van der Waals surface area contributed by atoms with Crippen LogP contribution in [0.5, 0.6) is 0 Å². The van der Waals surface area contributed by atoms with Crippen molar-refractivity contribution >= 4 is 19.9 Å². The molecule has 0 radical (unpaired) electrons. The van der Waals surface area contributed by atoms with Crippen molar-refractivity contribution in [1.82, 2.24) is 4.72 Å². The molecule has 1 heterocycles. The smallest absolute Gasteiger partial charge is 0.228 e. The zero-order valence-corrected chi connectivity index (χ0v) is 10.7. The third-order valence-corrected chi connectivity index (χ3v) is 6.26. The van der Waals surface area contributed by atoms with Crippen molar-refractivity contribution in [2.24, 2.45) is 0 Å². The highest BCUT2D eigenvalue weighted by Crippen LogP contribution is 2.24. The molecule has 0 aliphatic carbocycles. The van der Waals surface area contributed by atoms with Crippen molar-refractivity contribution in [1.29, 1.82) is 5.26 Å².